The number of carbonyl (C=O) groups is 2. The third-order valence-electron chi connectivity index (χ3n) is 7.66. The third-order valence-corrected chi connectivity index (χ3v) is 8.90. The van der Waals surface area contributed by atoms with Crippen LogP contribution in [-0.2, 0) is 9.59 Å². The quantitative estimate of drug-likeness (QED) is 0.690. The molecule has 32 heavy (non-hydrogen) atoms. The third kappa shape index (κ3) is 3.02. The zero-order valence-corrected chi connectivity index (χ0v) is 18.6. The average molecular weight is 451 g/mol. The largest absolute Gasteiger partial charge is 0.342 e. The molecule has 9 heteroatoms. The molecule has 2 aromatic rings. The fraction of sp³-hybridized carbons (Fsp3) is 0.478. The lowest BCUT2D eigenvalue weighted by Crippen LogP contribution is -2.47. The summed E-state index contributed by atoms with van der Waals surface area (Å²) in [4.78, 5) is 36.9. The number of hydrogen-bond donors (Lipinski definition) is 2. The van der Waals surface area contributed by atoms with Gasteiger partial charge in [-0.05, 0) is 37.2 Å². The molecule has 1 saturated carbocycles. The Bertz CT molecular complexity index is 1160. The molecule has 2 unspecified atom stereocenters. The van der Waals surface area contributed by atoms with Gasteiger partial charge in [0, 0.05) is 48.7 Å². The minimum absolute atomic E-state index is 0.173. The van der Waals surface area contributed by atoms with Crippen LogP contribution in [0.3, 0.4) is 0 Å². The van der Waals surface area contributed by atoms with Gasteiger partial charge in [-0.3, -0.25) is 14.0 Å². The molecule has 4 heterocycles. The number of nitrogens with zero attached hydrogens (tertiary/aromatic N) is 4. The van der Waals surface area contributed by atoms with Crippen molar-refractivity contribution in [1.82, 2.24) is 19.7 Å². The molecule has 3 atom stereocenters. The van der Waals surface area contributed by atoms with Gasteiger partial charge in [0.25, 0.3) is 5.91 Å². The maximum atomic E-state index is 12.4. The van der Waals surface area contributed by atoms with Crippen LogP contribution in [0.2, 0.25) is 0 Å². The van der Waals surface area contributed by atoms with Gasteiger partial charge in [-0.25, -0.2) is 9.97 Å². The average Bonchev–Trinajstić information content (AvgIpc) is 3.49. The van der Waals surface area contributed by atoms with Crippen molar-refractivity contribution in [2.45, 2.75) is 48.3 Å². The van der Waals surface area contributed by atoms with Gasteiger partial charge in [-0.1, -0.05) is 18.6 Å². The molecular formula is C23H26N6O2S. The topological polar surface area (TPSA) is 106 Å². The van der Waals surface area contributed by atoms with Crippen LogP contribution in [0, 0.1) is 11.3 Å². The predicted molar refractivity (Wildman–Crippen MR) is 122 cm³/mol. The van der Waals surface area contributed by atoms with Crippen LogP contribution in [0.15, 0.2) is 47.4 Å². The van der Waals surface area contributed by atoms with Gasteiger partial charge in [0.05, 0.1) is 10.8 Å². The summed E-state index contributed by atoms with van der Waals surface area (Å²) in [7, 11) is 0. The number of carbonyl (C=O) groups excluding carboxylic acids is 2. The van der Waals surface area contributed by atoms with Gasteiger partial charge >= 0.3 is 0 Å². The monoisotopic (exact) mass is 450 g/mol. The Labute approximate surface area is 190 Å². The minimum atomic E-state index is -0.528. The van der Waals surface area contributed by atoms with Crippen molar-refractivity contribution in [3.8, 4) is 0 Å². The summed E-state index contributed by atoms with van der Waals surface area (Å²) in [6.07, 6.45) is 17.1. The normalized spacial score (nSPS) is 29.0. The first kappa shape index (κ1) is 20.0. The van der Waals surface area contributed by atoms with Crippen LogP contribution in [-0.4, -0.2) is 50.4 Å². The summed E-state index contributed by atoms with van der Waals surface area (Å²) in [5.74, 6) is -0.479. The second-order valence-corrected chi connectivity index (χ2v) is 10.5. The highest BCUT2D eigenvalue weighted by molar-refractivity contribution is 8.00. The van der Waals surface area contributed by atoms with E-state index in [2.05, 4.69) is 15.2 Å². The van der Waals surface area contributed by atoms with Crippen molar-refractivity contribution in [2.75, 3.05) is 18.0 Å². The number of piperidine rings is 1. The van der Waals surface area contributed by atoms with Gasteiger partial charge in [0.15, 0.2) is 5.65 Å². The van der Waals surface area contributed by atoms with E-state index in [1.54, 1.807) is 12.3 Å². The summed E-state index contributed by atoms with van der Waals surface area (Å²) in [5.41, 5.74) is 8.26. The van der Waals surface area contributed by atoms with E-state index >= 15 is 0 Å². The lowest BCUT2D eigenvalue weighted by atomic mass is 9.74. The smallest absolute Gasteiger partial charge is 0.292 e. The Hall–Kier alpha value is -2.65. The number of aromatic nitrogens is 3. The van der Waals surface area contributed by atoms with Gasteiger partial charge in [-0.15, -0.1) is 11.8 Å². The maximum absolute atomic E-state index is 12.4. The number of amides is 1. The number of hydrogen-bond acceptors (Lipinski definition) is 7. The first-order chi connectivity index (χ1) is 15.6. The molecule has 0 aromatic carbocycles. The van der Waals surface area contributed by atoms with Crippen LogP contribution in [0.4, 0.5) is 5.95 Å². The predicted octanol–water partition coefficient (Wildman–Crippen LogP) is 2.06. The highest BCUT2D eigenvalue weighted by atomic mass is 32.2. The Morgan fingerprint density at radius 2 is 2.03 bits per heavy atom. The van der Waals surface area contributed by atoms with Crippen LogP contribution in [0.1, 0.15) is 32.1 Å². The molecule has 8 nitrogen and oxygen atoms in total. The van der Waals surface area contributed by atoms with Crippen molar-refractivity contribution in [2.24, 2.45) is 17.1 Å². The molecule has 0 bridgehead atoms. The van der Waals surface area contributed by atoms with Crippen molar-refractivity contribution >= 4 is 35.0 Å². The molecule has 2 aromatic heterocycles. The number of nitrogens with two attached hydrogens (primary N) is 1. The first-order valence-electron chi connectivity index (χ1n) is 11.3. The van der Waals surface area contributed by atoms with Crippen LogP contribution in [0.5, 0.6) is 0 Å². The number of rotatable bonds is 3. The standard InChI is InChI=1S/C23H26N6O2S/c24-17-5-2-6-23(17)7-10-28(11-8-23)22-26-13-16(20-25-9-12-29(20)22)32-15-4-1-3-14-18(15)19(30)21(31)27-14/h1,3-4,9,12-13,15,17-18H,2,5-8,10-11,24H2,(H,27,31)/t15?,17?,18-/m0/s1. The van der Waals surface area contributed by atoms with E-state index in [1.807, 2.05) is 28.9 Å². The fourth-order valence-corrected chi connectivity index (χ4v) is 7.04. The second kappa shape index (κ2) is 7.45. The van der Waals surface area contributed by atoms with Crippen molar-refractivity contribution in [1.29, 1.82) is 0 Å². The van der Waals surface area contributed by atoms with E-state index in [-0.39, 0.29) is 11.0 Å². The zero-order valence-electron chi connectivity index (χ0n) is 17.7. The number of allylic oxidation sites excluding steroid dienone is 3. The van der Waals surface area contributed by atoms with Crippen LogP contribution < -0.4 is 16.0 Å². The number of anilines is 1. The van der Waals surface area contributed by atoms with Crippen LogP contribution >= 0.6 is 11.8 Å². The molecular weight excluding hydrogens is 424 g/mol. The van der Waals surface area contributed by atoms with E-state index < -0.39 is 11.8 Å². The summed E-state index contributed by atoms with van der Waals surface area (Å²) in [6, 6.07) is 0.326. The van der Waals surface area contributed by atoms with Gasteiger partial charge < -0.3 is 16.0 Å². The first-order valence-corrected chi connectivity index (χ1v) is 12.2. The molecule has 1 amide bonds. The molecule has 0 radical (unpaired) electrons. The van der Waals surface area contributed by atoms with Crippen molar-refractivity contribution in [3.05, 3.63) is 42.5 Å². The molecule has 166 valence electrons. The Morgan fingerprint density at radius 1 is 1.19 bits per heavy atom. The lowest BCUT2D eigenvalue weighted by Gasteiger charge is -2.42. The minimum Gasteiger partial charge on any atom is -0.342 e. The Balaban J connectivity index is 1.25. The molecule has 2 aliphatic carbocycles. The number of thioether (sulfide) groups is 1. The van der Waals surface area contributed by atoms with Crippen LogP contribution in [0.25, 0.3) is 5.65 Å². The molecule has 1 spiro atoms. The van der Waals surface area contributed by atoms with E-state index in [1.165, 1.54) is 24.6 Å². The molecule has 3 fully saturated rings. The second-order valence-electron chi connectivity index (χ2n) is 9.28. The molecule has 2 saturated heterocycles. The van der Waals surface area contributed by atoms with Gasteiger partial charge in [0.2, 0.25) is 11.7 Å². The number of imidazole rings is 1. The van der Waals surface area contributed by atoms with Crippen molar-refractivity contribution < 1.29 is 9.59 Å². The summed E-state index contributed by atoms with van der Waals surface area (Å²) >= 11 is 1.53. The van der Waals surface area contributed by atoms with Gasteiger partial charge in [0.1, 0.15) is 0 Å². The zero-order chi connectivity index (χ0) is 21.9. The number of ketones is 1. The van der Waals surface area contributed by atoms with E-state index in [9.17, 15) is 9.59 Å². The SMILES string of the molecule is NC1CCCC12CCN(c1ncc(SC3C=CC=C4NC(=O)C(=O)[C@@H]43)c3nccn13)CC2. The number of nitrogens with one attached hydrogen (secondary N) is 1. The summed E-state index contributed by atoms with van der Waals surface area (Å²) < 4.78 is 2.04. The van der Waals surface area contributed by atoms with Crippen molar-refractivity contribution in [3.63, 3.8) is 0 Å². The van der Waals surface area contributed by atoms with E-state index in [4.69, 9.17) is 10.7 Å². The van der Waals surface area contributed by atoms with E-state index in [0.717, 1.165) is 48.8 Å². The molecule has 3 N–H and O–H groups in total. The Morgan fingerprint density at radius 3 is 2.81 bits per heavy atom. The van der Waals surface area contributed by atoms with Gasteiger partial charge in [-0.2, -0.15) is 0 Å². The molecule has 4 aliphatic rings. The summed E-state index contributed by atoms with van der Waals surface area (Å²) in [5, 5.41) is 2.51. The lowest BCUT2D eigenvalue weighted by molar-refractivity contribution is -0.136. The highest BCUT2D eigenvalue weighted by Gasteiger charge is 2.44. The molecule has 6 rings (SSSR count). The Kier molecular flexibility index (Phi) is 4.65. The number of fused-ring (bicyclic) bond motifs is 2. The van der Waals surface area contributed by atoms with E-state index in [0.29, 0.717) is 17.2 Å². The maximum Gasteiger partial charge on any atom is 0.292 e. The highest BCUT2D eigenvalue weighted by Crippen LogP contribution is 2.46. The molecule has 2 aliphatic heterocycles. The fourth-order valence-electron chi connectivity index (χ4n) is 5.80. The number of Topliss-reactive ketones (excluding diaryl/α,β-unsaturated/α-hetero) is 1. The summed E-state index contributed by atoms with van der Waals surface area (Å²) in [6.45, 7) is 1.90.